The topological polar surface area (TPSA) is 20.3 Å². The molecule has 0 unspecified atom stereocenters. The summed E-state index contributed by atoms with van der Waals surface area (Å²) in [5.74, 6) is 0.685. The largest absolute Gasteiger partial charge is 0.295 e. The van der Waals surface area contributed by atoms with Gasteiger partial charge in [0.1, 0.15) is 5.37 Å². The normalized spacial score (nSPS) is 18.3. The number of anilines is 1. The molecule has 1 heterocycles. The fourth-order valence-electron chi connectivity index (χ4n) is 2.36. The predicted octanol–water partition coefficient (Wildman–Crippen LogP) is 5.30. The summed E-state index contributed by atoms with van der Waals surface area (Å²) in [5.41, 5.74) is 3.24. The van der Waals surface area contributed by atoms with E-state index in [1.165, 1.54) is 0 Å². The van der Waals surface area contributed by atoms with E-state index in [-0.39, 0.29) is 11.3 Å². The summed E-state index contributed by atoms with van der Waals surface area (Å²) in [4.78, 5) is 14.2. The molecule has 108 valence electrons. The van der Waals surface area contributed by atoms with Crippen molar-refractivity contribution in [1.82, 2.24) is 0 Å². The molecule has 1 amide bonds. The Hall–Kier alpha value is -0.780. The van der Waals surface area contributed by atoms with Crippen LogP contribution in [0.3, 0.4) is 0 Å². The number of carbonyl (C=O) groups excluding carboxylic acids is 1. The molecule has 1 aliphatic rings. The Balaban J connectivity index is 1.99. The molecular weight excluding hydrogens is 414 g/mol. The fraction of sp³-hybridized carbons (Fsp3) is 0.188. The second-order valence-electron chi connectivity index (χ2n) is 4.91. The van der Waals surface area contributed by atoms with E-state index in [1.807, 2.05) is 36.1 Å². The summed E-state index contributed by atoms with van der Waals surface area (Å²) in [6.07, 6.45) is 0. The number of hydrogen-bond donors (Lipinski definition) is 0. The van der Waals surface area contributed by atoms with E-state index in [2.05, 4.69) is 50.1 Å². The van der Waals surface area contributed by atoms with Crippen molar-refractivity contribution >= 4 is 55.2 Å². The Bertz CT molecular complexity index is 687. The van der Waals surface area contributed by atoms with Gasteiger partial charge in [0.2, 0.25) is 5.91 Å². The van der Waals surface area contributed by atoms with Gasteiger partial charge in [-0.15, -0.1) is 11.8 Å². The van der Waals surface area contributed by atoms with Gasteiger partial charge in [0.25, 0.3) is 0 Å². The first-order valence-electron chi connectivity index (χ1n) is 6.51. The summed E-state index contributed by atoms with van der Waals surface area (Å²) >= 11 is 8.63. The number of rotatable bonds is 2. The smallest absolute Gasteiger partial charge is 0.238 e. The van der Waals surface area contributed by atoms with Crippen molar-refractivity contribution < 1.29 is 4.79 Å². The van der Waals surface area contributed by atoms with Gasteiger partial charge in [-0.1, -0.05) is 44.0 Å². The van der Waals surface area contributed by atoms with Crippen LogP contribution in [0.2, 0.25) is 0 Å². The van der Waals surface area contributed by atoms with Crippen LogP contribution in [-0.2, 0) is 4.79 Å². The zero-order valence-electron chi connectivity index (χ0n) is 11.3. The first-order valence-corrected chi connectivity index (χ1v) is 9.15. The number of hydrogen-bond acceptors (Lipinski definition) is 2. The van der Waals surface area contributed by atoms with Crippen LogP contribution in [0.1, 0.15) is 16.5 Å². The molecule has 21 heavy (non-hydrogen) atoms. The Morgan fingerprint density at radius 3 is 2.52 bits per heavy atom. The lowest BCUT2D eigenvalue weighted by molar-refractivity contribution is -0.115. The molecule has 2 aromatic carbocycles. The van der Waals surface area contributed by atoms with E-state index in [0.717, 1.165) is 25.8 Å². The van der Waals surface area contributed by atoms with Gasteiger partial charge in [-0.2, -0.15) is 0 Å². The first kappa shape index (κ1) is 15.1. The summed E-state index contributed by atoms with van der Waals surface area (Å²) in [6.45, 7) is 2.04. The minimum atomic E-state index is 0.0474. The van der Waals surface area contributed by atoms with Crippen molar-refractivity contribution in [2.24, 2.45) is 0 Å². The molecule has 0 aromatic heterocycles. The molecule has 1 fully saturated rings. The lowest BCUT2D eigenvalue weighted by Gasteiger charge is -2.25. The van der Waals surface area contributed by atoms with Crippen LogP contribution in [0.5, 0.6) is 0 Å². The third-order valence-corrected chi connectivity index (χ3v) is 6.07. The van der Waals surface area contributed by atoms with E-state index in [0.29, 0.717) is 5.75 Å². The monoisotopic (exact) mass is 425 g/mol. The van der Waals surface area contributed by atoms with E-state index < -0.39 is 0 Å². The lowest BCUT2D eigenvalue weighted by atomic mass is 10.1. The number of aryl methyl sites for hydroxylation is 1. The Morgan fingerprint density at radius 1 is 1.14 bits per heavy atom. The Kier molecular flexibility index (Phi) is 4.43. The van der Waals surface area contributed by atoms with Gasteiger partial charge >= 0.3 is 0 Å². The highest BCUT2D eigenvalue weighted by Gasteiger charge is 2.34. The molecule has 3 rings (SSSR count). The highest BCUT2D eigenvalue weighted by atomic mass is 79.9. The molecule has 0 radical (unpaired) electrons. The molecule has 0 N–H and O–H groups in total. The molecule has 2 aromatic rings. The fourth-order valence-corrected chi connectivity index (χ4v) is 4.04. The average Bonchev–Trinajstić information content (AvgIpc) is 2.85. The average molecular weight is 427 g/mol. The van der Waals surface area contributed by atoms with Gasteiger partial charge in [-0.3, -0.25) is 9.69 Å². The second kappa shape index (κ2) is 6.15. The first-order chi connectivity index (χ1) is 10.1. The highest BCUT2D eigenvalue weighted by molar-refractivity contribution is 9.10. The predicted molar refractivity (Wildman–Crippen MR) is 95.7 cm³/mol. The van der Waals surface area contributed by atoms with Gasteiger partial charge in [0.05, 0.1) is 5.75 Å². The molecule has 1 atom stereocenters. The molecule has 1 aliphatic heterocycles. The number of benzene rings is 2. The van der Waals surface area contributed by atoms with Crippen LogP contribution in [-0.4, -0.2) is 11.7 Å². The van der Waals surface area contributed by atoms with E-state index in [4.69, 9.17) is 0 Å². The summed E-state index contributed by atoms with van der Waals surface area (Å²) < 4.78 is 2.11. The molecule has 0 saturated carbocycles. The van der Waals surface area contributed by atoms with Crippen molar-refractivity contribution in [3.8, 4) is 0 Å². The standard InChI is InChI=1S/C16H13Br2NOS/c1-10-8-13(6-7-14(10)18)19-15(20)9-21-16(19)11-2-4-12(17)5-3-11/h2-8,16H,9H2,1H3/t16-/m1/s1. The Labute approximate surface area is 145 Å². The number of thioether (sulfide) groups is 1. The third kappa shape index (κ3) is 3.05. The van der Waals surface area contributed by atoms with Crippen LogP contribution in [0.15, 0.2) is 51.4 Å². The quantitative estimate of drug-likeness (QED) is 0.649. The van der Waals surface area contributed by atoms with Crippen molar-refractivity contribution in [1.29, 1.82) is 0 Å². The van der Waals surface area contributed by atoms with Crippen LogP contribution in [0, 0.1) is 6.92 Å². The number of carbonyl (C=O) groups is 1. The number of halogens is 2. The summed E-state index contributed by atoms with van der Waals surface area (Å²) in [6, 6.07) is 14.2. The van der Waals surface area contributed by atoms with Crippen LogP contribution < -0.4 is 4.90 Å². The van der Waals surface area contributed by atoms with Crippen LogP contribution >= 0.6 is 43.6 Å². The molecule has 2 nitrogen and oxygen atoms in total. The molecule has 5 heteroatoms. The maximum atomic E-state index is 12.3. The van der Waals surface area contributed by atoms with Crippen LogP contribution in [0.4, 0.5) is 5.69 Å². The second-order valence-corrected chi connectivity index (χ2v) is 7.75. The van der Waals surface area contributed by atoms with E-state index in [9.17, 15) is 4.79 Å². The van der Waals surface area contributed by atoms with Crippen LogP contribution in [0.25, 0.3) is 0 Å². The number of nitrogens with zero attached hydrogens (tertiary/aromatic N) is 1. The third-order valence-electron chi connectivity index (χ3n) is 3.44. The van der Waals surface area contributed by atoms with Crippen molar-refractivity contribution in [3.05, 3.63) is 62.5 Å². The van der Waals surface area contributed by atoms with Gasteiger partial charge in [-0.25, -0.2) is 0 Å². The van der Waals surface area contributed by atoms with Gasteiger partial charge in [0.15, 0.2) is 0 Å². The molecule has 0 aliphatic carbocycles. The minimum absolute atomic E-state index is 0.0474. The summed E-state index contributed by atoms with van der Waals surface area (Å²) in [5, 5.41) is 0.0474. The van der Waals surface area contributed by atoms with Gasteiger partial charge in [0, 0.05) is 14.6 Å². The maximum Gasteiger partial charge on any atom is 0.238 e. The van der Waals surface area contributed by atoms with Crippen molar-refractivity contribution in [2.45, 2.75) is 12.3 Å². The molecular formula is C16H13Br2NOS. The summed E-state index contributed by atoms with van der Waals surface area (Å²) in [7, 11) is 0. The van der Waals surface area contributed by atoms with Gasteiger partial charge < -0.3 is 0 Å². The lowest BCUT2D eigenvalue weighted by Crippen LogP contribution is -2.27. The maximum absolute atomic E-state index is 12.3. The highest BCUT2D eigenvalue weighted by Crippen LogP contribution is 2.42. The van der Waals surface area contributed by atoms with Crippen molar-refractivity contribution in [3.63, 3.8) is 0 Å². The molecule has 0 spiro atoms. The minimum Gasteiger partial charge on any atom is -0.295 e. The van der Waals surface area contributed by atoms with E-state index in [1.54, 1.807) is 11.8 Å². The number of amides is 1. The van der Waals surface area contributed by atoms with Crippen molar-refractivity contribution in [2.75, 3.05) is 10.7 Å². The zero-order valence-corrected chi connectivity index (χ0v) is 15.3. The van der Waals surface area contributed by atoms with E-state index >= 15 is 0 Å². The zero-order chi connectivity index (χ0) is 15.0. The Morgan fingerprint density at radius 2 is 1.86 bits per heavy atom. The molecule has 1 saturated heterocycles. The molecule has 0 bridgehead atoms. The van der Waals surface area contributed by atoms with Gasteiger partial charge in [-0.05, 0) is 48.4 Å². The SMILES string of the molecule is Cc1cc(N2C(=O)CS[C@@H]2c2ccc(Br)cc2)ccc1Br.